The molecule has 1 saturated heterocycles. The number of carbonyl (C=O) groups is 2. The van der Waals surface area contributed by atoms with Crippen LogP contribution in [0, 0.1) is 0 Å². The standard InChI is InChI=1S/C26H28F3N3OS.C2HF3O2/c1-31(2)22-8-6-19(7-9-22)23-10-11-24(34-23)25(33)30-21-12-14-32(15-13-21)17-18-4-3-5-20(16-18)26(27,28)29;3-2(4,5)1(6)7/h3-11,16,21H,12-15,17H2,1-2H3,(H,30,33);(H,6,7). The van der Waals surface area contributed by atoms with Crippen molar-refractivity contribution in [2.24, 2.45) is 0 Å². The summed E-state index contributed by atoms with van der Waals surface area (Å²) in [5.74, 6) is -2.83. The molecular weight excluding hydrogens is 572 g/mol. The predicted molar refractivity (Wildman–Crippen MR) is 145 cm³/mol. The molecule has 2 heterocycles. The predicted octanol–water partition coefficient (Wildman–Crippen LogP) is 6.53. The highest BCUT2D eigenvalue weighted by atomic mass is 32.1. The number of hydrogen-bond acceptors (Lipinski definition) is 5. The van der Waals surface area contributed by atoms with Gasteiger partial charge in [0.15, 0.2) is 0 Å². The number of aliphatic carboxylic acids is 1. The number of benzene rings is 2. The molecule has 6 nitrogen and oxygen atoms in total. The van der Waals surface area contributed by atoms with Crippen molar-refractivity contribution in [2.75, 3.05) is 32.1 Å². The average Bonchev–Trinajstić information content (AvgIpc) is 3.40. The number of piperidine rings is 1. The first-order valence-corrected chi connectivity index (χ1v) is 13.3. The van der Waals surface area contributed by atoms with E-state index < -0.39 is 23.9 Å². The zero-order valence-electron chi connectivity index (χ0n) is 22.2. The van der Waals surface area contributed by atoms with Gasteiger partial charge in [-0.15, -0.1) is 11.3 Å². The fraction of sp³-hybridized carbons (Fsp3) is 0.357. The number of halogens is 6. The van der Waals surface area contributed by atoms with Gasteiger partial charge in [-0.3, -0.25) is 9.69 Å². The van der Waals surface area contributed by atoms with E-state index in [1.807, 2.05) is 31.1 Å². The molecular formula is C28H29F6N3O3S. The molecule has 3 aromatic rings. The normalized spacial score (nSPS) is 14.6. The molecule has 0 saturated carbocycles. The van der Waals surface area contributed by atoms with Gasteiger partial charge in [0.25, 0.3) is 5.91 Å². The summed E-state index contributed by atoms with van der Waals surface area (Å²) >= 11 is 1.47. The summed E-state index contributed by atoms with van der Waals surface area (Å²) in [5.41, 5.74) is 2.24. The van der Waals surface area contributed by atoms with Gasteiger partial charge in [-0.05, 0) is 54.3 Å². The molecule has 1 amide bonds. The van der Waals surface area contributed by atoms with Crippen molar-refractivity contribution in [1.82, 2.24) is 10.2 Å². The van der Waals surface area contributed by atoms with Crippen LogP contribution in [0.1, 0.15) is 33.6 Å². The quantitative estimate of drug-likeness (QED) is 0.315. The lowest BCUT2D eigenvalue weighted by atomic mass is 10.0. The van der Waals surface area contributed by atoms with Gasteiger partial charge in [-0.1, -0.05) is 30.3 Å². The van der Waals surface area contributed by atoms with E-state index in [-0.39, 0.29) is 11.9 Å². The van der Waals surface area contributed by atoms with Gasteiger partial charge in [0, 0.05) is 50.3 Å². The molecule has 2 N–H and O–H groups in total. The molecule has 0 radical (unpaired) electrons. The number of nitrogens with zero attached hydrogens (tertiary/aromatic N) is 2. The van der Waals surface area contributed by atoms with E-state index in [4.69, 9.17) is 9.90 Å². The van der Waals surface area contributed by atoms with Crippen molar-refractivity contribution in [1.29, 1.82) is 0 Å². The maximum atomic E-state index is 12.9. The Hall–Kier alpha value is -3.58. The minimum absolute atomic E-state index is 0.0650. The van der Waals surface area contributed by atoms with E-state index in [0.29, 0.717) is 17.0 Å². The smallest absolute Gasteiger partial charge is 0.475 e. The average molecular weight is 602 g/mol. The third kappa shape index (κ3) is 9.49. The van der Waals surface area contributed by atoms with E-state index in [9.17, 15) is 31.1 Å². The lowest BCUT2D eigenvalue weighted by Gasteiger charge is -2.32. The Bertz CT molecular complexity index is 1310. The van der Waals surface area contributed by atoms with Crippen LogP contribution in [0.3, 0.4) is 0 Å². The Morgan fingerprint density at radius 3 is 2.12 bits per heavy atom. The molecule has 1 fully saturated rings. The zero-order valence-corrected chi connectivity index (χ0v) is 23.0. The summed E-state index contributed by atoms with van der Waals surface area (Å²) in [6, 6.07) is 17.6. The Morgan fingerprint density at radius 2 is 1.59 bits per heavy atom. The number of thiophene rings is 1. The number of nitrogens with one attached hydrogen (secondary N) is 1. The van der Waals surface area contributed by atoms with Crippen LogP contribution in [-0.2, 0) is 17.5 Å². The summed E-state index contributed by atoms with van der Waals surface area (Å²) in [7, 11) is 4.00. The van der Waals surface area contributed by atoms with E-state index >= 15 is 0 Å². The monoisotopic (exact) mass is 601 g/mol. The van der Waals surface area contributed by atoms with Crippen LogP contribution >= 0.6 is 11.3 Å². The first-order chi connectivity index (χ1) is 19.1. The van der Waals surface area contributed by atoms with Crippen molar-refractivity contribution >= 4 is 28.9 Å². The number of amides is 1. The van der Waals surface area contributed by atoms with Gasteiger partial charge >= 0.3 is 18.3 Å². The zero-order chi connectivity index (χ0) is 30.4. The van der Waals surface area contributed by atoms with Gasteiger partial charge in [0.05, 0.1) is 10.4 Å². The minimum atomic E-state index is -5.08. The Morgan fingerprint density at radius 1 is 0.976 bits per heavy atom. The third-order valence-electron chi connectivity index (χ3n) is 6.32. The highest BCUT2D eigenvalue weighted by Crippen LogP contribution is 2.31. The van der Waals surface area contributed by atoms with Crippen molar-refractivity contribution < 1.29 is 41.0 Å². The fourth-order valence-electron chi connectivity index (χ4n) is 4.14. The maximum Gasteiger partial charge on any atom is 0.490 e. The van der Waals surface area contributed by atoms with Crippen LogP contribution in [0.4, 0.5) is 32.0 Å². The molecule has 1 aliphatic heterocycles. The largest absolute Gasteiger partial charge is 0.490 e. The molecule has 0 bridgehead atoms. The second-order valence-electron chi connectivity index (χ2n) is 9.63. The number of carbonyl (C=O) groups excluding carboxylic acids is 1. The lowest BCUT2D eigenvalue weighted by Crippen LogP contribution is -2.44. The first-order valence-electron chi connectivity index (χ1n) is 12.5. The fourth-order valence-corrected chi connectivity index (χ4v) is 5.05. The van der Waals surface area contributed by atoms with Gasteiger partial charge in [0.2, 0.25) is 0 Å². The van der Waals surface area contributed by atoms with Gasteiger partial charge < -0.3 is 15.3 Å². The number of rotatable bonds is 6. The van der Waals surface area contributed by atoms with E-state index in [1.165, 1.54) is 23.5 Å². The van der Waals surface area contributed by atoms with Crippen LogP contribution in [0.25, 0.3) is 10.4 Å². The van der Waals surface area contributed by atoms with Gasteiger partial charge in [0.1, 0.15) is 0 Å². The topological polar surface area (TPSA) is 72.9 Å². The Labute approximate surface area is 237 Å². The molecule has 0 atom stereocenters. The summed E-state index contributed by atoms with van der Waals surface area (Å²) in [4.78, 5) is 27.6. The van der Waals surface area contributed by atoms with Crippen LogP contribution in [0.2, 0.25) is 0 Å². The van der Waals surface area contributed by atoms with Crippen LogP contribution in [0.5, 0.6) is 0 Å². The Kier molecular flexibility index (Phi) is 10.4. The molecule has 13 heteroatoms. The molecule has 41 heavy (non-hydrogen) atoms. The third-order valence-corrected chi connectivity index (χ3v) is 7.46. The van der Waals surface area contributed by atoms with E-state index in [0.717, 1.165) is 48.1 Å². The molecule has 222 valence electrons. The highest BCUT2D eigenvalue weighted by Gasteiger charge is 2.38. The molecule has 4 rings (SSSR count). The number of alkyl halides is 6. The van der Waals surface area contributed by atoms with E-state index in [1.54, 1.807) is 6.07 Å². The number of carboxylic acids is 1. The number of carboxylic acid groups (broad SMARTS) is 1. The van der Waals surface area contributed by atoms with Gasteiger partial charge in [-0.25, -0.2) is 4.79 Å². The minimum Gasteiger partial charge on any atom is -0.475 e. The van der Waals surface area contributed by atoms with Crippen molar-refractivity contribution in [3.63, 3.8) is 0 Å². The second-order valence-corrected chi connectivity index (χ2v) is 10.7. The second kappa shape index (κ2) is 13.4. The summed E-state index contributed by atoms with van der Waals surface area (Å²) in [5, 5.41) is 10.3. The molecule has 2 aromatic carbocycles. The molecule has 1 aromatic heterocycles. The highest BCUT2D eigenvalue weighted by molar-refractivity contribution is 7.17. The number of likely N-dealkylation sites (tertiary alicyclic amines) is 1. The number of anilines is 1. The molecule has 1 aliphatic rings. The maximum absolute atomic E-state index is 12.9. The van der Waals surface area contributed by atoms with Crippen LogP contribution < -0.4 is 10.2 Å². The molecule has 0 unspecified atom stereocenters. The molecule has 0 aliphatic carbocycles. The van der Waals surface area contributed by atoms with Crippen molar-refractivity contribution in [3.05, 3.63) is 76.7 Å². The summed E-state index contributed by atoms with van der Waals surface area (Å²) < 4.78 is 70.6. The first kappa shape index (κ1) is 31.9. The van der Waals surface area contributed by atoms with Gasteiger partial charge in [-0.2, -0.15) is 26.3 Å². The summed E-state index contributed by atoms with van der Waals surface area (Å²) in [6.45, 7) is 1.94. The Balaban J connectivity index is 0.000000587. The SMILES string of the molecule is CN(C)c1ccc(-c2ccc(C(=O)NC3CCN(Cc4cccc(C(F)(F)F)c4)CC3)s2)cc1.O=C(O)C(F)(F)F. The van der Waals surface area contributed by atoms with Crippen molar-refractivity contribution in [2.45, 2.75) is 37.8 Å². The van der Waals surface area contributed by atoms with E-state index in [2.05, 4.69) is 34.5 Å². The van der Waals surface area contributed by atoms with Crippen LogP contribution in [-0.4, -0.2) is 61.3 Å². The molecule has 0 spiro atoms. The van der Waals surface area contributed by atoms with Crippen LogP contribution in [0.15, 0.2) is 60.7 Å². The lowest BCUT2D eigenvalue weighted by molar-refractivity contribution is -0.192. The van der Waals surface area contributed by atoms with Crippen molar-refractivity contribution in [3.8, 4) is 10.4 Å². The summed E-state index contributed by atoms with van der Waals surface area (Å²) in [6.07, 6.45) is -7.87. The number of hydrogen-bond donors (Lipinski definition) is 2.